The van der Waals surface area contributed by atoms with Gasteiger partial charge in [0.05, 0.1) is 19.3 Å². The van der Waals surface area contributed by atoms with Gasteiger partial charge in [0.25, 0.3) is 0 Å². The lowest BCUT2D eigenvalue weighted by atomic mass is 9.86. The van der Waals surface area contributed by atoms with E-state index in [-0.39, 0.29) is 30.0 Å². The molecule has 2 aromatic rings. The topological polar surface area (TPSA) is 131 Å². The minimum absolute atomic E-state index is 0.0443. The van der Waals surface area contributed by atoms with Gasteiger partial charge in [0.2, 0.25) is 11.9 Å². The number of nitrogens with two attached hydrogens (primary N) is 1. The predicted octanol–water partition coefficient (Wildman–Crippen LogP) is 2.37. The average molecular weight is 468 g/mol. The van der Waals surface area contributed by atoms with Gasteiger partial charge in [0.15, 0.2) is 5.82 Å². The SMILES string of the molecule is C[C@H]1COCCN1c1nc(OC2CCC(C(=O)N(C)C)CC2)nc(-c2ccc(N)c(C=N)c2)n1. The standard InChI is InChI=1S/C24H33N7O3/c1-15-14-33-11-10-31(15)23-27-21(17-6-9-20(26)18(12-17)13-25)28-24(29-23)34-19-7-4-16(5-8-19)22(32)30(2)3/h6,9,12-13,15-16,19,25H,4-5,7-8,10-11,14,26H2,1-3H3/t15-,16?,19?/m0/s1. The highest BCUT2D eigenvalue weighted by Gasteiger charge is 2.29. The number of nitrogens with one attached hydrogen (secondary N) is 1. The van der Waals surface area contributed by atoms with Crippen LogP contribution < -0.4 is 15.4 Å². The second-order valence-corrected chi connectivity index (χ2v) is 9.17. The molecule has 182 valence electrons. The Kier molecular flexibility index (Phi) is 7.26. The Hall–Kier alpha value is -3.27. The van der Waals surface area contributed by atoms with Crippen LogP contribution in [0, 0.1) is 11.3 Å². The highest BCUT2D eigenvalue weighted by Crippen LogP contribution is 2.30. The van der Waals surface area contributed by atoms with Gasteiger partial charge in [-0.05, 0) is 50.8 Å². The van der Waals surface area contributed by atoms with E-state index < -0.39 is 0 Å². The fraction of sp³-hybridized carbons (Fsp3) is 0.542. The van der Waals surface area contributed by atoms with Crippen molar-refractivity contribution in [3.05, 3.63) is 23.8 Å². The van der Waals surface area contributed by atoms with Gasteiger partial charge < -0.3 is 30.4 Å². The van der Waals surface area contributed by atoms with E-state index in [4.69, 9.17) is 25.6 Å². The van der Waals surface area contributed by atoms with Crippen molar-refractivity contribution in [2.24, 2.45) is 5.92 Å². The monoisotopic (exact) mass is 467 g/mol. The van der Waals surface area contributed by atoms with Crippen molar-refractivity contribution in [1.82, 2.24) is 19.9 Å². The highest BCUT2D eigenvalue weighted by atomic mass is 16.5. The summed E-state index contributed by atoms with van der Waals surface area (Å²) in [6.07, 6.45) is 4.28. The predicted molar refractivity (Wildman–Crippen MR) is 130 cm³/mol. The fourth-order valence-electron chi connectivity index (χ4n) is 4.46. The molecule has 1 aliphatic heterocycles. The molecule has 1 aliphatic carbocycles. The molecule has 4 rings (SSSR count). The molecule has 1 atom stereocenters. The third-order valence-corrected chi connectivity index (χ3v) is 6.46. The van der Waals surface area contributed by atoms with E-state index in [1.165, 1.54) is 6.21 Å². The lowest BCUT2D eigenvalue weighted by Gasteiger charge is -2.33. The second-order valence-electron chi connectivity index (χ2n) is 9.17. The molecule has 2 aliphatic rings. The number of hydrogen-bond acceptors (Lipinski definition) is 9. The van der Waals surface area contributed by atoms with E-state index >= 15 is 0 Å². The van der Waals surface area contributed by atoms with E-state index in [1.807, 2.05) is 6.07 Å². The number of benzene rings is 1. The van der Waals surface area contributed by atoms with Gasteiger partial charge in [-0.1, -0.05) is 0 Å². The molecule has 3 N–H and O–H groups in total. The van der Waals surface area contributed by atoms with Crippen LogP contribution in [0.1, 0.15) is 38.2 Å². The number of amides is 1. The normalized spacial score (nSPS) is 22.8. The zero-order chi connectivity index (χ0) is 24.2. The quantitative estimate of drug-likeness (QED) is 0.489. The molecular formula is C24H33N7O3. The maximum Gasteiger partial charge on any atom is 0.322 e. The molecule has 1 saturated carbocycles. The highest BCUT2D eigenvalue weighted by molar-refractivity contribution is 5.87. The molecule has 0 radical (unpaired) electrons. The van der Waals surface area contributed by atoms with E-state index in [2.05, 4.69) is 21.8 Å². The minimum atomic E-state index is -0.0556. The number of carbonyl (C=O) groups excluding carboxylic acids is 1. The molecule has 2 heterocycles. The van der Waals surface area contributed by atoms with Crippen LogP contribution in [0.3, 0.4) is 0 Å². The number of rotatable bonds is 6. The summed E-state index contributed by atoms with van der Waals surface area (Å²) in [4.78, 5) is 30.1. The Bertz CT molecular complexity index is 1040. The molecule has 34 heavy (non-hydrogen) atoms. The number of hydrogen-bond donors (Lipinski definition) is 2. The van der Waals surface area contributed by atoms with Gasteiger partial charge in [0, 0.05) is 49.6 Å². The maximum atomic E-state index is 12.3. The molecule has 0 spiro atoms. The third kappa shape index (κ3) is 5.27. The average Bonchev–Trinajstić information content (AvgIpc) is 2.84. The van der Waals surface area contributed by atoms with Crippen molar-refractivity contribution in [3.8, 4) is 17.4 Å². The van der Waals surface area contributed by atoms with E-state index in [1.54, 1.807) is 31.1 Å². The smallest absolute Gasteiger partial charge is 0.322 e. The molecule has 2 fully saturated rings. The van der Waals surface area contributed by atoms with E-state index in [9.17, 15) is 4.79 Å². The van der Waals surface area contributed by atoms with Crippen molar-refractivity contribution in [2.45, 2.75) is 44.8 Å². The summed E-state index contributed by atoms with van der Waals surface area (Å²) in [6, 6.07) is 5.78. The summed E-state index contributed by atoms with van der Waals surface area (Å²) in [5.74, 6) is 1.23. The van der Waals surface area contributed by atoms with Crippen LogP contribution >= 0.6 is 0 Å². The Morgan fingerprint density at radius 2 is 2.00 bits per heavy atom. The van der Waals surface area contributed by atoms with Crippen LogP contribution in [0.25, 0.3) is 11.4 Å². The van der Waals surface area contributed by atoms with Crippen molar-refractivity contribution >= 4 is 23.8 Å². The number of anilines is 2. The zero-order valence-corrected chi connectivity index (χ0v) is 20.0. The number of carbonyl (C=O) groups is 1. The summed E-state index contributed by atoms with van der Waals surface area (Å²) in [5.41, 5.74) is 7.83. The molecule has 1 aromatic carbocycles. The van der Waals surface area contributed by atoms with Gasteiger partial charge in [0.1, 0.15) is 6.10 Å². The molecule has 10 nitrogen and oxygen atoms in total. The first-order valence-corrected chi connectivity index (χ1v) is 11.7. The summed E-state index contributed by atoms with van der Waals surface area (Å²) in [7, 11) is 3.60. The van der Waals surface area contributed by atoms with Gasteiger partial charge in [-0.2, -0.15) is 15.0 Å². The third-order valence-electron chi connectivity index (χ3n) is 6.46. The van der Waals surface area contributed by atoms with Crippen LogP contribution in [0.2, 0.25) is 0 Å². The number of nitrogen functional groups attached to an aromatic ring is 1. The van der Waals surface area contributed by atoms with Crippen molar-refractivity contribution < 1.29 is 14.3 Å². The molecule has 1 aromatic heterocycles. The van der Waals surface area contributed by atoms with Crippen LogP contribution in [-0.2, 0) is 9.53 Å². The summed E-state index contributed by atoms with van der Waals surface area (Å²) in [5, 5.41) is 7.63. The lowest BCUT2D eigenvalue weighted by Crippen LogP contribution is -2.44. The van der Waals surface area contributed by atoms with Gasteiger partial charge >= 0.3 is 6.01 Å². The van der Waals surface area contributed by atoms with Gasteiger partial charge in [-0.25, -0.2) is 0 Å². The number of ether oxygens (including phenoxy) is 2. The molecule has 1 saturated heterocycles. The van der Waals surface area contributed by atoms with Crippen LogP contribution in [0.15, 0.2) is 18.2 Å². The number of morpholine rings is 1. The number of nitrogens with zero attached hydrogens (tertiary/aromatic N) is 5. The lowest BCUT2D eigenvalue weighted by molar-refractivity contribution is -0.134. The Morgan fingerprint density at radius 1 is 1.24 bits per heavy atom. The summed E-state index contributed by atoms with van der Waals surface area (Å²) >= 11 is 0. The minimum Gasteiger partial charge on any atom is -0.460 e. The van der Waals surface area contributed by atoms with Crippen molar-refractivity contribution in [1.29, 1.82) is 5.41 Å². The first-order chi connectivity index (χ1) is 16.4. The van der Waals surface area contributed by atoms with E-state index in [0.717, 1.165) is 31.2 Å². The fourth-order valence-corrected chi connectivity index (χ4v) is 4.46. The summed E-state index contributed by atoms with van der Waals surface area (Å²) < 4.78 is 11.8. The molecule has 0 bridgehead atoms. The van der Waals surface area contributed by atoms with Crippen molar-refractivity contribution in [3.63, 3.8) is 0 Å². The zero-order valence-electron chi connectivity index (χ0n) is 20.0. The Labute approximate surface area is 200 Å². The first-order valence-electron chi connectivity index (χ1n) is 11.7. The van der Waals surface area contributed by atoms with Crippen LogP contribution in [-0.4, -0.2) is 78.0 Å². The molecule has 10 heteroatoms. The van der Waals surface area contributed by atoms with Crippen LogP contribution in [0.5, 0.6) is 6.01 Å². The summed E-state index contributed by atoms with van der Waals surface area (Å²) in [6.45, 7) is 3.95. The Balaban J connectivity index is 1.60. The van der Waals surface area contributed by atoms with E-state index in [0.29, 0.717) is 42.8 Å². The largest absolute Gasteiger partial charge is 0.460 e. The maximum absolute atomic E-state index is 12.3. The van der Waals surface area contributed by atoms with Crippen LogP contribution in [0.4, 0.5) is 11.6 Å². The number of aromatic nitrogens is 3. The van der Waals surface area contributed by atoms with Crippen molar-refractivity contribution in [2.75, 3.05) is 44.5 Å². The first kappa shape index (κ1) is 23.9. The second kappa shape index (κ2) is 10.3. The molecule has 0 unspecified atom stereocenters. The van der Waals surface area contributed by atoms with Gasteiger partial charge in [-0.3, -0.25) is 4.79 Å². The molecular weight excluding hydrogens is 434 g/mol. The molecule has 1 amide bonds. The van der Waals surface area contributed by atoms with Gasteiger partial charge in [-0.15, -0.1) is 0 Å². The Morgan fingerprint density at radius 3 is 2.68 bits per heavy atom.